The van der Waals surface area contributed by atoms with Gasteiger partial charge in [0.15, 0.2) is 0 Å². The summed E-state index contributed by atoms with van der Waals surface area (Å²) in [5.41, 5.74) is 1.73. The van der Waals surface area contributed by atoms with Crippen molar-refractivity contribution in [3.63, 3.8) is 0 Å². The Labute approximate surface area is 161 Å². The van der Waals surface area contributed by atoms with Crippen molar-refractivity contribution in [2.24, 2.45) is 0 Å². The third kappa shape index (κ3) is 3.19. The molecule has 0 saturated carbocycles. The minimum Gasteiger partial charge on any atom is -0.462 e. The van der Waals surface area contributed by atoms with Gasteiger partial charge in [-0.1, -0.05) is 0 Å². The van der Waals surface area contributed by atoms with E-state index in [9.17, 15) is 9.59 Å². The fourth-order valence-electron chi connectivity index (χ4n) is 2.77. The molecule has 27 heavy (non-hydrogen) atoms. The van der Waals surface area contributed by atoms with E-state index >= 15 is 0 Å². The van der Waals surface area contributed by atoms with Gasteiger partial charge in [0.05, 0.1) is 18.8 Å². The second-order valence-corrected chi connectivity index (χ2v) is 7.41. The summed E-state index contributed by atoms with van der Waals surface area (Å²) in [5.74, 6) is -0.266. The summed E-state index contributed by atoms with van der Waals surface area (Å²) in [6.07, 6.45) is 1.41. The third-order valence-electron chi connectivity index (χ3n) is 3.99. The zero-order valence-corrected chi connectivity index (χ0v) is 16.2. The van der Waals surface area contributed by atoms with E-state index in [0.29, 0.717) is 5.76 Å². The Bertz CT molecular complexity index is 1170. The average Bonchev–Trinajstić information content (AvgIpc) is 3.36. The molecule has 0 amide bonds. The van der Waals surface area contributed by atoms with Gasteiger partial charge in [-0.2, -0.15) is 11.3 Å². The van der Waals surface area contributed by atoms with Gasteiger partial charge in [-0.25, -0.2) is 14.8 Å². The molecule has 0 N–H and O–H groups in total. The van der Waals surface area contributed by atoms with Crippen LogP contribution in [-0.4, -0.2) is 27.1 Å². The summed E-state index contributed by atoms with van der Waals surface area (Å²) in [6, 6.07) is 2.01. The lowest BCUT2D eigenvalue weighted by Gasteiger charge is -2.03. The molecule has 0 fully saturated rings. The van der Waals surface area contributed by atoms with E-state index in [0.717, 1.165) is 16.3 Å². The lowest BCUT2D eigenvalue weighted by atomic mass is 10.2. The number of thiazole rings is 1. The van der Waals surface area contributed by atoms with Crippen molar-refractivity contribution in [3.05, 3.63) is 55.9 Å². The van der Waals surface area contributed by atoms with Crippen molar-refractivity contribution in [1.82, 2.24) is 14.5 Å². The first-order valence-electron chi connectivity index (χ1n) is 8.21. The number of thiophene rings is 1. The molecule has 0 unspecified atom stereocenters. The molecule has 4 rings (SSSR count). The summed E-state index contributed by atoms with van der Waals surface area (Å²) in [5, 5.41) is 6.98. The molecule has 0 aliphatic carbocycles. The predicted molar refractivity (Wildman–Crippen MR) is 103 cm³/mol. The Hall–Kier alpha value is -2.78. The average molecular weight is 401 g/mol. The zero-order valence-electron chi connectivity index (χ0n) is 14.6. The number of carbonyl (C=O) groups excluding carboxylic acids is 1. The van der Waals surface area contributed by atoms with Gasteiger partial charge in [-0.05, 0) is 25.3 Å². The fraction of sp³-hybridized carbons (Fsp3) is 0.222. The molecule has 0 aliphatic heterocycles. The SMILES string of the molecule is CCOC(=O)c1c(C)oc2ncn(Cc3csc(-c4ccsc4)n3)c(=O)c12. The van der Waals surface area contributed by atoms with Crippen LogP contribution >= 0.6 is 22.7 Å². The van der Waals surface area contributed by atoms with Gasteiger partial charge < -0.3 is 9.15 Å². The molecule has 7 nitrogen and oxygen atoms in total. The number of nitrogens with zero attached hydrogens (tertiary/aromatic N) is 3. The van der Waals surface area contributed by atoms with Gasteiger partial charge in [0.2, 0.25) is 5.71 Å². The molecule has 0 bridgehead atoms. The summed E-state index contributed by atoms with van der Waals surface area (Å²) in [7, 11) is 0. The summed E-state index contributed by atoms with van der Waals surface area (Å²) < 4.78 is 11.9. The number of rotatable bonds is 5. The minimum absolute atomic E-state index is 0.133. The molecular formula is C18H15N3O4S2. The molecule has 4 aromatic heterocycles. The Balaban J connectivity index is 1.73. The first-order valence-corrected chi connectivity index (χ1v) is 10.0. The zero-order chi connectivity index (χ0) is 19.0. The van der Waals surface area contributed by atoms with Crippen LogP contribution in [0.2, 0.25) is 0 Å². The van der Waals surface area contributed by atoms with Crippen LogP contribution in [0.15, 0.2) is 37.7 Å². The molecular weight excluding hydrogens is 386 g/mol. The van der Waals surface area contributed by atoms with E-state index in [2.05, 4.69) is 9.97 Å². The van der Waals surface area contributed by atoms with Crippen molar-refractivity contribution in [3.8, 4) is 10.6 Å². The summed E-state index contributed by atoms with van der Waals surface area (Å²) in [4.78, 5) is 33.9. The van der Waals surface area contributed by atoms with E-state index in [1.807, 2.05) is 22.2 Å². The normalized spacial score (nSPS) is 11.2. The highest BCUT2D eigenvalue weighted by molar-refractivity contribution is 7.14. The number of ether oxygens (including phenoxy) is 1. The molecule has 0 radical (unpaired) electrons. The highest BCUT2D eigenvalue weighted by atomic mass is 32.1. The van der Waals surface area contributed by atoms with Crippen molar-refractivity contribution in [1.29, 1.82) is 0 Å². The second kappa shape index (κ2) is 7.09. The number of aryl methyl sites for hydroxylation is 1. The molecule has 138 valence electrons. The van der Waals surface area contributed by atoms with Gasteiger partial charge >= 0.3 is 5.97 Å². The highest BCUT2D eigenvalue weighted by Gasteiger charge is 2.24. The van der Waals surface area contributed by atoms with Gasteiger partial charge in [-0.3, -0.25) is 9.36 Å². The topological polar surface area (TPSA) is 87.2 Å². The van der Waals surface area contributed by atoms with Crippen LogP contribution in [0.3, 0.4) is 0 Å². The van der Waals surface area contributed by atoms with E-state index < -0.39 is 5.97 Å². The van der Waals surface area contributed by atoms with Gasteiger partial charge in [-0.15, -0.1) is 11.3 Å². The van der Waals surface area contributed by atoms with Crippen LogP contribution in [0, 0.1) is 6.92 Å². The summed E-state index contributed by atoms with van der Waals surface area (Å²) >= 11 is 3.13. The Morgan fingerprint density at radius 3 is 2.96 bits per heavy atom. The van der Waals surface area contributed by atoms with Crippen molar-refractivity contribution in [2.75, 3.05) is 6.61 Å². The highest BCUT2D eigenvalue weighted by Crippen LogP contribution is 2.26. The number of esters is 1. The first-order chi connectivity index (χ1) is 13.1. The maximum Gasteiger partial charge on any atom is 0.342 e. The fourth-order valence-corrected chi connectivity index (χ4v) is 4.30. The number of aromatic nitrogens is 3. The maximum absolute atomic E-state index is 12.9. The standard InChI is InChI=1S/C18H15N3O4S2/c1-3-24-18(23)13-10(2)25-15-14(13)17(22)21(9-19-15)6-12-8-27-16(20-12)11-4-5-26-7-11/h4-5,7-9H,3,6H2,1-2H3. The number of carbonyl (C=O) groups is 1. The maximum atomic E-state index is 12.9. The van der Waals surface area contributed by atoms with Crippen LogP contribution < -0.4 is 5.56 Å². The molecule has 4 heterocycles. The van der Waals surface area contributed by atoms with Crippen LogP contribution in [0.25, 0.3) is 21.7 Å². The number of furan rings is 1. The largest absolute Gasteiger partial charge is 0.462 e. The predicted octanol–water partition coefficient (Wildman–Crippen LogP) is 3.71. The number of fused-ring (bicyclic) bond motifs is 1. The van der Waals surface area contributed by atoms with E-state index in [-0.39, 0.29) is 35.4 Å². The second-order valence-electron chi connectivity index (χ2n) is 5.77. The lowest BCUT2D eigenvalue weighted by Crippen LogP contribution is -2.22. The Morgan fingerprint density at radius 1 is 1.37 bits per heavy atom. The van der Waals surface area contributed by atoms with Crippen molar-refractivity contribution >= 4 is 39.7 Å². The molecule has 9 heteroatoms. The van der Waals surface area contributed by atoms with Crippen LogP contribution in [0.1, 0.15) is 28.7 Å². The lowest BCUT2D eigenvalue weighted by molar-refractivity contribution is 0.0526. The van der Waals surface area contributed by atoms with Gasteiger partial charge in [0.25, 0.3) is 5.56 Å². The van der Waals surface area contributed by atoms with Gasteiger partial charge in [0, 0.05) is 16.3 Å². The molecule has 0 saturated heterocycles. The monoisotopic (exact) mass is 401 g/mol. The molecule has 0 aromatic carbocycles. The van der Waals surface area contributed by atoms with Crippen LogP contribution in [0.4, 0.5) is 0 Å². The van der Waals surface area contributed by atoms with Crippen LogP contribution in [0.5, 0.6) is 0 Å². The van der Waals surface area contributed by atoms with Gasteiger partial charge in [0.1, 0.15) is 28.0 Å². The minimum atomic E-state index is -0.584. The molecule has 0 atom stereocenters. The Morgan fingerprint density at radius 2 is 2.22 bits per heavy atom. The van der Waals surface area contributed by atoms with Crippen molar-refractivity contribution < 1.29 is 13.9 Å². The smallest absolute Gasteiger partial charge is 0.342 e. The van der Waals surface area contributed by atoms with Crippen LogP contribution in [-0.2, 0) is 11.3 Å². The van der Waals surface area contributed by atoms with Crippen molar-refractivity contribution in [2.45, 2.75) is 20.4 Å². The van der Waals surface area contributed by atoms with E-state index in [1.165, 1.54) is 22.2 Å². The Kier molecular flexibility index (Phi) is 4.63. The molecule has 0 spiro atoms. The summed E-state index contributed by atoms with van der Waals surface area (Å²) in [6.45, 7) is 3.79. The quantitative estimate of drug-likeness (QED) is 0.474. The first kappa shape index (κ1) is 17.6. The molecule has 4 aromatic rings. The van der Waals surface area contributed by atoms with E-state index in [4.69, 9.17) is 9.15 Å². The number of hydrogen-bond donors (Lipinski definition) is 0. The third-order valence-corrected chi connectivity index (χ3v) is 5.61. The molecule has 0 aliphatic rings. The number of hydrogen-bond acceptors (Lipinski definition) is 8. The van der Waals surface area contributed by atoms with E-state index in [1.54, 1.807) is 25.2 Å².